The van der Waals surface area contributed by atoms with E-state index in [1.54, 1.807) is 0 Å². The van der Waals surface area contributed by atoms with Gasteiger partial charge in [-0.3, -0.25) is 4.79 Å². The van der Waals surface area contributed by atoms with E-state index in [4.69, 9.17) is 5.73 Å². The molecule has 2 atom stereocenters. The molecule has 1 amide bonds. The lowest BCUT2D eigenvalue weighted by molar-refractivity contribution is -0.123. The second kappa shape index (κ2) is 6.86. The van der Waals surface area contributed by atoms with Gasteiger partial charge in [0.25, 0.3) is 0 Å². The quantitative estimate of drug-likeness (QED) is 0.727. The van der Waals surface area contributed by atoms with Crippen LogP contribution < -0.4 is 11.1 Å². The van der Waals surface area contributed by atoms with Crippen molar-refractivity contribution in [1.29, 1.82) is 0 Å². The van der Waals surface area contributed by atoms with Crippen LogP contribution in [-0.4, -0.2) is 43.0 Å². The van der Waals surface area contributed by atoms with Crippen LogP contribution in [0.25, 0.3) is 0 Å². The number of carbonyl (C=O) groups is 1. The predicted molar refractivity (Wildman–Crippen MR) is 66.2 cm³/mol. The Kier molecular flexibility index (Phi) is 5.77. The summed E-state index contributed by atoms with van der Waals surface area (Å²) < 4.78 is 0. The highest BCUT2D eigenvalue weighted by Crippen LogP contribution is 2.08. The van der Waals surface area contributed by atoms with Gasteiger partial charge in [-0.2, -0.15) is 0 Å². The average Bonchev–Trinajstić information content (AvgIpc) is 2.25. The fourth-order valence-corrected chi connectivity index (χ4v) is 2.15. The van der Waals surface area contributed by atoms with Crippen molar-refractivity contribution < 1.29 is 4.79 Å². The van der Waals surface area contributed by atoms with Gasteiger partial charge in [-0.05, 0) is 32.9 Å². The predicted octanol–water partition coefficient (Wildman–Crippen LogP) is 0.714. The van der Waals surface area contributed by atoms with Crippen LogP contribution >= 0.6 is 0 Å². The SMILES string of the molecule is CCCC[C@H](N)C(=O)NC1CCCN(C)C1. The van der Waals surface area contributed by atoms with Crippen LogP contribution in [0.5, 0.6) is 0 Å². The molecule has 1 aliphatic heterocycles. The van der Waals surface area contributed by atoms with Gasteiger partial charge in [0.1, 0.15) is 0 Å². The summed E-state index contributed by atoms with van der Waals surface area (Å²) in [4.78, 5) is 14.0. The maximum Gasteiger partial charge on any atom is 0.237 e. The number of nitrogens with one attached hydrogen (secondary N) is 1. The number of rotatable bonds is 5. The summed E-state index contributed by atoms with van der Waals surface area (Å²) in [6.45, 7) is 4.20. The second-order valence-corrected chi connectivity index (χ2v) is 4.86. The summed E-state index contributed by atoms with van der Waals surface area (Å²) >= 11 is 0. The molecule has 0 radical (unpaired) electrons. The van der Waals surface area contributed by atoms with Crippen LogP contribution in [0.3, 0.4) is 0 Å². The topological polar surface area (TPSA) is 58.4 Å². The lowest BCUT2D eigenvalue weighted by Crippen LogP contribution is -2.51. The Hall–Kier alpha value is -0.610. The Morgan fingerprint density at radius 3 is 3.00 bits per heavy atom. The zero-order chi connectivity index (χ0) is 12.0. The van der Waals surface area contributed by atoms with E-state index in [9.17, 15) is 4.79 Å². The molecule has 94 valence electrons. The number of hydrogen-bond donors (Lipinski definition) is 2. The number of hydrogen-bond acceptors (Lipinski definition) is 3. The fraction of sp³-hybridized carbons (Fsp3) is 0.917. The fourth-order valence-electron chi connectivity index (χ4n) is 2.15. The first-order valence-corrected chi connectivity index (χ1v) is 6.38. The number of likely N-dealkylation sites (N-methyl/N-ethyl adjacent to an activating group) is 1. The third-order valence-electron chi connectivity index (χ3n) is 3.18. The Labute approximate surface area is 98.6 Å². The molecule has 0 aromatic heterocycles. The van der Waals surface area contributed by atoms with Gasteiger partial charge in [-0.25, -0.2) is 0 Å². The van der Waals surface area contributed by atoms with Crippen LogP contribution in [0.4, 0.5) is 0 Å². The van der Waals surface area contributed by atoms with E-state index in [-0.39, 0.29) is 11.9 Å². The monoisotopic (exact) mass is 227 g/mol. The van der Waals surface area contributed by atoms with Crippen molar-refractivity contribution in [2.75, 3.05) is 20.1 Å². The zero-order valence-corrected chi connectivity index (χ0v) is 10.5. The van der Waals surface area contributed by atoms with Crippen molar-refractivity contribution in [2.45, 2.75) is 51.1 Å². The zero-order valence-electron chi connectivity index (χ0n) is 10.5. The van der Waals surface area contributed by atoms with Gasteiger partial charge in [0.05, 0.1) is 6.04 Å². The van der Waals surface area contributed by atoms with Crippen LogP contribution in [-0.2, 0) is 4.79 Å². The lowest BCUT2D eigenvalue weighted by Gasteiger charge is -2.30. The molecule has 0 saturated carbocycles. The molecule has 1 unspecified atom stereocenters. The first kappa shape index (κ1) is 13.5. The van der Waals surface area contributed by atoms with Crippen molar-refractivity contribution in [1.82, 2.24) is 10.2 Å². The molecule has 0 aromatic rings. The van der Waals surface area contributed by atoms with Crippen molar-refractivity contribution >= 4 is 5.91 Å². The van der Waals surface area contributed by atoms with Gasteiger partial charge in [0.2, 0.25) is 5.91 Å². The maximum absolute atomic E-state index is 11.8. The number of amides is 1. The minimum absolute atomic E-state index is 0.0220. The standard InChI is InChI=1S/C12H25N3O/c1-3-4-7-11(13)12(16)14-10-6-5-8-15(2)9-10/h10-11H,3-9,13H2,1-2H3,(H,14,16)/t10?,11-/m0/s1. The van der Waals surface area contributed by atoms with E-state index in [0.29, 0.717) is 6.04 Å². The van der Waals surface area contributed by atoms with Crippen molar-refractivity contribution in [2.24, 2.45) is 5.73 Å². The van der Waals surface area contributed by atoms with Crippen LogP contribution in [0.1, 0.15) is 39.0 Å². The number of likely N-dealkylation sites (tertiary alicyclic amines) is 1. The van der Waals surface area contributed by atoms with E-state index in [0.717, 1.165) is 45.2 Å². The molecular weight excluding hydrogens is 202 g/mol. The summed E-state index contributed by atoms with van der Waals surface area (Å²) in [5, 5.41) is 3.05. The summed E-state index contributed by atoms with van der Waals surface area (Å²) in [6, 6.07) is -0.0360. The number of carbonyl (C=O) groups excluding carboxylic acids is 1. The highest BCUT2D eigenvalue weighted by Gasteiger charge is 2.21. The molecule has 4 nitrogen and oxygen atoms in total. The van der Waals surface area contributed by atoms with Crippen LogP contribution in [0, 0.1) is 0 Å². The van der Waals surface area contributed by atoms with Crippen molar-refractivity contribution in [3.05, 3.63) is 0 Å². The van der Waals surface area contributed by atoms with E-state index >= 15 is 0 Å². The number of piperidine rings is 1. The Bertz CT molecular complexity index is 220. The Balaban J connectivity index is 2.26. The third-order valence-corrected chi connectivity index (χ3v) is 3.18. The molecule has 0 aliphatic carbocycles. The largest absolute Gasteiger partial charge is 0.351 e. The third kappa shape index (κ3) is 4.49. The normalized spacial score (nSPS) is 24.1. The Morgan fingerprint density at radius 1 is 1.62 bits per heavy atom. The minimum atomic E-state index is -0.327. The molecule has 1 saturated heterocycles. The van der Waals surface area contributed by atoms with Gasteiger partial charge < -0.3 is 16.0 Å². The molecule has 0 bridgehead atoms. The molecule has 1 fully saturated rings. The van der Waals surface area contributed by atoms with Gasteiger partial charge in [0.15, 0.2) is 0 Å². The maximum atomic E-state index is 11.8. The summed E-state index contributed by atoms with van der Waals surface area (Å²) in [5.41, 5.74) is 5.83. The van der Waals surface area contributed by atoms with Crippen LogP contribution in [0.2, 0.25) is 0 Å². The molecule has 0 aromatic carbocycles. The average molecular weight is 227 g/mol. The summed E-state index contributed by atoms with van der Waals surface area (Å²) in [5.74, 6) is 0.0220. The number of nitrogens with two attached hydrogens (primary N) is 1. The first-order valence-electron chi connectivity index (χ1n) is 6.38. The van der Waals surface area contributed by atoms with Crippen molar-refractivity contribution in [3.63, 3.8) is 0 Å². The van der Waals surface area contributed by atoms with E-state index in [2.05, 4.69) is 24.2 Å². The Morgan fingerprint density at radius 2 is 2.38 bits per heavy atom. The molecule has 1 heterocycles. The molecule has 0 spiro atoms. The van der Waals surface area contributed by atoms with Gasteiger partial charge in [-0.1, -0.05) is 19.8 Å². The van der Waals surface area contributed by atoms with Gasteiger partial charge in [-0.15, -0.1) is 0 Å². The molecule has 4 heteroatoms. The smallest absolute Gasteiger partial charge is 0.237 e. The molecule has 1 rings (SSSR count). The first-order chi connectivity index (χ1) is 7.63. The summed E-state index contributed by atoms with van der Waals surface area (Å²) in [7, 11) is 2.09. The minimum Gasteiger partial charge on any atom is -0.351 e. The molecule has 3 N–H and O–H groups in total. The highest BCUT2D eigenvalue weighted by atomic mass is 16.2. The van der Waals surface area contributed by atoms with Crippen molar-refractivity contribution in [3.8, 4) is 0 Å². The van der Waals surface area contributed by atoms with E-state index in [1.165, 1.54) is 0 Å². The van der Waals surface area contributed by atoms with Crippen LogP contribution in [0.15, 0.2) is 0 Å². The van der Waals surface area contributed by atoms with E-state index in [1.807, 2.05) is 0 Å². The second-order valence-electron chi connectivity index (χ2n) is 4.86. The van der Waals surface area contributed by atoms with E-state index < -0.39 is 0 Å². The lowest BCUT2D eigenvalue weighted by atomic mass is 10.0. The molecule has 1 aliphatic rings. The molecule has 16 heavy (non-hydrogen) atoms. The summed E-state index contributed by atoms with van der Waals surface area (Å²) in [6.07, 6.45) is 5.15. The molecular formula is C12H25N3O. The highest BCUT2D eigenvalue weighted by molar-refractivity contribution is 5.81. The number of nitrogens with zero attached hydrogens (tertiary/aromatic N) is 1. The van der Waals surface area contributed by atoms with Gasteiger partial charge in [0, 0.05) is 12.6 Å². The number of unbranched alkanes of at least 4 members (excludes halogenated alkanes) is 1. The van der Waals surface area contributed by atoms with Gasteiger partial charge >= 0.3 is 0 Å².